The molecule has 1 saturated heterocycles. The number of hydrogen-bond donors (Lipinski definition) is 2. The molecule has 156 valence electrons. The van der Waals surface area contributed by atoms with Crippen LogP contribution < -0.4 is 19.7 Å². The summed E-state index contributed by atoms with van der Waals surface area (Å²) in [6.45, 7) is 5.83. The Morgan fingerprint density at radius 3 is 2.79 bits per heavy atom. The number of benzene rings is 2. The first-order chi connectivity index (χ1) is 14.0. The zero-order valence-corrected chi connectivity index (χ0v) is 17.0. The molecule has 6 heteroatoms. The zero-order valence-electron chi connectivity index (χ0n) is 17.0. The van der Waals surface area contributed by atoms with E-state index in [0.29, 0.717) is 6.42 Å². The number of para-hydroxylation sites is 1. The quantitative estimate of drug-likeness (QED) is 0.777. The number of fused-ring (bicyclic) bond motifs is 1. The first-order valence-corrected chi connectivity index (χ1v) is 10.3. The average Bonchev–Trinajstić information content (AvgIpc) is 3.02. The smallest absolute Gasteiger partial charge is 0.188 e. The van der Waals surface area contributed by atoms with Crippen molar-refractivity contribution in [3.63, 3.8) is 0 Å². The maximum atomic E-state index is 13.5. The second kappa shape index (κ2) is 8.20. The summed E-state index contributed by atoms with van der Waals surface area (Å²) in [6.07, 6.45) is 2.02. The van der Waals surface area contributed by atoms with E-state index in [4.69, 9.17) is 9.47 Å². The van der Waals surface area contributed by atoms with Crippen LogP contribution in [0, 0.1) is 5.82 Å². The van der Waals surface area contributed by atoms with Gasteiger partial charge in [0.25, 0.3) is 0 Å². The molecule has 0 saturated carbocycles. The predicted octanol–water partition coefficient (Wildman–Crippen LogP) is 3.50. The number of piperazine rings is 1. The molecule has 0 bridgehead atoms. The fraction of sp³-hybridized carbons (Fsp3) is 0.478. The molecular weight excluding hydrogens is 371 g/mol. The number of anilines is 1. The van der Waals surface area contributed by atoms with Gasteiger partial charge >= 0.3 is 0 Å². The SMILES string of the molecule is CC1(C)Cc2cccc(OC3C(CCCO)NCCN3c3ccc(F)cc3)c2O1. The van der Waals surface area contributed by atoms with E-state index >= 15 is 0 Å². The third-order valence-electron chi connectivity index (χ3n) is 5.54. The topological polar surface area (TPSA) is 54.0 Å². The van der Waals surface area contributed by atoms with Gasteiger partial charge in [0.2, 0.25) is 0 Å². The van der Waals surface area contributed by atoms with E-state index in [0.717, 1.165) is 48.7 Å². The van der Waals surface area contributed by atoms with Crippen LogP contribution in [0.25, 0.3) is 0 Å². The number of nitrogens with one attached hydrogen (secondary N) is 1. The first kappa shape index (κ1) is 20.0. The van der Waals surface area contributed by atoms with Crippen LogP contribution in [0.2, 0.25) is 0 Å². The lowest BCUT2D eigenvalue weighted by Gasteiger charge is -2.43. The Bertz CT molecular complexity index is 841. The highest BCUT2D eigenvalue weighted by molar-refractivity contribution is 5.52. The van der Waals surface area contributed by atoms with Crippen molar-refractivity contribution in [1.82, 2.24) is 5.32 Å². The third-order valence-corrected chi connectivity index (χ3v) is 5.54. The van der Waals surface area contributed by atoms with Crippen LogP contribution in [0.5, 0.6) is 11.5 Å². The molecule has 2 heterocycles. The molecule has 29 heavy (non-hydrogen) atoms. The summed E-state index contributed by atoms with van der Waals surface area (Å²) in [5.74, 6) is 1.28. The summed E-state index contributed by atoms with van der Waals surface area (Å²) in [5, 5.41) is 12.9. The Morgan fingerprint density at radius 1 is 1.24 bits per heavy atom. The summed E-state index contributed by atoms with van der Waals surface area (Å²) in [5.41, 5.74) is 1.82. The van der Waals surface area contributed by atoms with Crippen LogP contribution in [0.15, 0.2) is 42.5 Å². The van der Waals surface area contributed by atoms with Crippen molar-refractivity contribution in [2.45, 2.75) is 51.0 Å². The van der Waals surface area contributed by atoms with E-state index in [2.05, 4.69) is 30.1 Å². The average molecular weight is 400 g/mol. The number of nitrogens with zero attached hydrogens (tertiary/aromatic N) is 1. The van der Waals surface area contributed by atoms with Crippen molar-refractivity contribution in [2.24, 2.45) is 0 Å². The van der Waals surface area contributed by atoms with Gasteiger partial charge < -0.3 is 24.8 Å². The second-order valence-corrected chi connectivity index (χ2v) is 8.39. The van der Waals surface area contributed by atoms with Gasteiger partial charge in [-0.15, -0.1) is 0 Å². The minimum absolute atomic E-state index is 0.0335. The number of hydrogen-bond acceptors (Lipinski definition) is 5. The van der Waals surface area contributed by atoms with Gasteiger partial charge in [0, 0.05) is 37.4 Å². The molecule has 5 nitrogen and oxygen atoms in total. The van der Waals surface area contributed by atoms with E-state index in [1.165, 1.54) is 12.1 Å². The van der Waals surface area contributed by atoms with Gasteiger partial charge in [-0.1, -0.05) is 12.1 Å². The number of halogens is 1. The molecule has 0 aliphatic carbocycles. The van der Waals surface area contributed by atoms with Gasteiger partial charge in [-0.3, -0.25) is 0 Å². The summed E-state index contributed by atoms with van der Waals surface area (Å²) < 4.78 is 26.2. The summed E-state index contributed by atoms with van der Waals surface area (Å²) >= 11 is 0. The van der Waals surface area contributed by atoms with E-state index in [1.807, 2.05) is 12.1 Å². The Morgan fingerprint density at radius 2 is 2.03 bits per heavy atom. The van der Waals surface area contributed by atoms with Crippen molar-refractivity contribution in [3.8, 4) is 11.5 Å². The number of rotatable bonds is 6. The van der Waals surface area contributed by atoms with Crippen molar-refractivity contribution >= 4 is 5.69 Å². The molecule has 0 amide bonds. The number of aliphatic hydroxyl groups is 1. The minimum atomic E-state index is -0.292. The largest absolute Gasteiger partial charge is 0.483 e. The molecule has 4 rings (SSSR count). The van der Waals surface area contributed by atoms with E-state index in [9.17, 15) is 9.50 Å². The third kappa shape index (κ3) is 4.33. The zero-order chi connectivity index (χ0) is 20.4. The monoisotopic (exact) mass is 400 g/mol. The first-order valence-electron chi connectivity index (χ1n) is 10.3. The molecule has 2 atom stereocenters. The normalized spacial score (nSPS) is 22.8. The minimum Gasteiger partial charge on any atom is -0.483 e. The van der Waals surface area contributed by atoms with Crippen LogP contribution in [0.4, 0.5) is 10.1 Å². The Balaban J connectivity index is 1.65. The second-order valence-electron chi connectivity index (χ2n) is 8.39. The molecule has 2 aliphatic rings. The van der Waals surface area contributed by atoms with Gasteiger partial charge in [-0.2, -0.15) is 0 Å². The van der Waals surface area contributed by atoms with E-state index in [-0.39, 0.29) is 30.3 Å². The molecule has 2 aromatic carbocycles. The van der Waals surface area contributed by atoms with Crippen LogP contribution >= 0.6 is 0 Å². The lowest BCUT2D eigenvalue weighted by Crippen LogP contribution is -2.60. The van der Waals surface area contributed by atoms with Crippen molar-refractivity contribution in [3.05, 3.63) is 53.8 Å². The molecule has 0 radical (unpaired) electrons. The molecule has 2 unspecified atom stereocenters. The molecule has 2 aliphatic heterocycles. The van der Waals surface area contributed by atoms with Crippen molar-refractivity contribution in [1.29, 1.82) is 0 Å². The Labute approximate surface area is 171 Å². The molecule has 2 aromatic rings. The summed E-state index contributed by atoms with van der Waals surface area (Å²) in [7, 11) is 0. The van der Waals surface area contributed by atoms with Crippen molar-refractivity contribution < 1.29 is 19.0 Å². The maximum absolute atomic E-state index is 13.5. The fourth-order valence-electron chi connectivity index (χ4n) is 4.24. The van der Waals surface area contributed by atoms with Crippen LogP contribution in [-0.4, -0.2) is 42.7 Å². The fourth-order valence-corrected chi connectivity index (χ4v) is 4.24. The van der Waals surface area contributed by atoms with Gasteiger partial charge in [-0.25, -0.2) is 4.39 Å². The molecule has 0 spiro atoms. The lowest BCUT2D eigenvalue weighted by molar-refractivity contribution is 0.100. The molecule has 0 aromatic heterocycles. The summed E-state index contributed by atoms with van der Waals surface area (Å²) in [6, 6.07) is 12.6. The lowest BCUT2D eigenvalue weighted by atomic mass is 10.0. The standard InChI is InChI=1S/C23H29FN2O3/c1-23(2)15-16-5-3-7-20(21(16)29-23)28-22-19(6-4-14-27)25-12-13-26(22)18-10-8-17(24)9-11-18/h3,5,7-11,19,22,25,27H,4,6,12-15H2,1-2H3. The van der Waals surface area contributed by atoms with Gasteiger partial charge in [0.05, 0.1) is 6.04 Å². The number of aliphatic hydroxyl groups excluding tert-OH is 1. The van der Waals surface area contributed by atoms with Gasteiger partial charge in [0.1, 0.15) is 11.4 Å². The number of ether oxygens (including phenoxy) is 2. The molecule has 2 N–H and O–H groups in total. The van der Waals surface area contributed by atoms with E-state index < -0.39 is 0 Å². The van der Waals surface area contributed by atoms with Gasteiger partial charge in [0.15, 0.2) is 17.7 Å². The summed E-state index contributed by atoms with van der Waals surface area (Å²) in [4.78, 5) is 2.16. The van der Waals surface area contributed by atoms with Crippen LogP contribution in [0.1, 0.15) is 32.3 Å². The van der Waals surface area contributed by atoms with Crippen LogP contribution in [0.3, 0.4) is 0 Å². The predicted molar refractivity (Wildman–Crippen MR) is 111 cm³/mol. The van der Waals surface area contributed by atoms with E-state index in [1.54, 1.807) is 12.1 Å². The van der Waals surface area contributed by atoms with Crippen molar-refractivity contribution in [2.75, 3.05) is 24.6 Å². The highest BCUT2D eigenvalue weighted by Gasteiger charge is 2.36. The Hall–Kier alpha value is -2.31. The maximum Gasteiger partial charge on any atom is 0.188 e. The highest BCUT2D eigenvalue weighted by atomic mass is 19.1. The van der Waals surface area contributed by atoms with Gasteiger partial charge in [-0.05, 0) is 57.0 Å². The Kier molecular flexibility index (Phi) is 5.65. The van der Waals surface area contributed by atoms with Crippen LogP contribution in [-0.2, 0) is 6.42 Å². The highest BCUT2D eigenvalue weighted by Crippen LogP contribution is 2.42. The molecular formula is C23H29FN2O3. The molecule has 1 fully saturated rings.